The SMILES string of the molecule is Cc1cnc(COc2ccc(I)cc2)c(C)c1[N+](=O)[O-]. The molecule has 0 amide bonds. The van der Waals surface area contributed by atoms with E-state index < -0.39 is 0 Å². The van der Waals surface area contributed by atoms with Crippen LogP contribution in [0.1, 0.15) is 16.8 Å². The molecule has 0 aliphatic carbocycles. The maximum Gasteiger partial charge on any atom is 0.278 e. The van der Waals surface area contributed by atoms with E-state index in [9.17, 15) is 10.1 Å². The summed E-state index contributed by atoms with van der Waals surface area (Å²) < 4.78 is 6.73. The second-order valence-electron chi connectivity index (χ2n) is 4.36. The van der Waals surface area contributed by atoms with Crippen LogP contribution in [0, 0.1) is 27.5 Å². The van der Waals surface area contributed by atoms with Crippen LogP contribution in [0.3, 0.4) is 0 Å². The molecule has 0 aliphatic rings. The summed E-state index contributed by atoms with van der Waals surface area (Å²) in [7, 11) is 0. The first-order valence-corrected chi connectivity index (χ1v) is 7.04. The Morgan fingerprint density at radius 2 is 1.95 bits per heavy atom. The van der Waals surface area contributed by atoms with Crippen LogP contribution in [0.4, 0.5) is 5.69 Å². The highest BCUT2D eigenvalue weighted by Gasteiger charge is 2.18. The van der Waals surface area contributed by atoms with Crippen molar-refractivity contribution in [1.29, 1.82) is 0 Å². The Kier molecular flexibility index (Phi) is 4.53. The van der Waals surface area contributed by atoms with Crippen LogP contribution in [-0.4, -0.2) is 9.91 Å². The van der Waals surface area contributed by atoms with Gasteiger partial charge < -0.3 is 4.74 Å². The molecule has 0 radical (unpaired) electrons. The second-order valence-corrected chi connectivity index (χ2v) is 5.61. The number of ether oxygens (including phenoxy) is 1. The molecule has 1 aromatic carbocycles. The van der Waals surface area contributed by atoms with Gasteiger partial charge in [-0.05, 0) is 60.7 Å². The number of aromatic nitrogens is 1. The van der Waals surface area contributed by atoms with Gasteiger partial charge in [0.05, 0.1) is 16.2 Å². The first-order valence-electron chi connectivity index (χ1n) is 5.97. The van der Waals surface area contributed by atoms with E-state index in [1.165, 1.54) is 6.20 Å². The lowest BCUT2D eigenvalue weighted by molar-refractivity contribution is -0.386. The molecular formula is C14H13IN2O3. The largest absolute Gasteiger partial charge is 0.487 e. The second kappa shape index (κ2) is 6.17. The minimum absolute atomic E-state index is 0.112. The number of hydrogen-bond acceptors (Lipinski definition) is 4. The van der Waals surface area contributed by atoms with Crippen molar-refractivity contribution in [3.05, 3.63) is 61.0 Å². The van der Waals surface area contributed by atoms with E-state index in [1.807, 2.05) is 24.3 Å². The average molecular weight is 384 g/mol. The van der Waals surface area contributed by atoms with Crippen molar-refractivity contribution in [2.45, 2.75) is 20.5 Å². The van der Waals surface area contributed by atoms with Crippen molar-refractivity contribution in [2.24, 2.45) is 0 Å². The first kappa shape index (κ1) is 14.7. The topological polar surface area (TPSA) is 65.3 Å². The van der Waals surface area contributed by atoms with E-state index >= 15 is 0 Å². The van der Waals surface area contributed by atoms with Crippen molar-refractivity contribution in [3.63, 3.8) is 0 Å². The van der Waals surface area contributed by atoms with Gasteiger partial charge in [-0.3, -0.25) is 15.1 Å². The molecule has 0 unspecified atom stereocenters. The number of nitro groups is 1. The maximum atomic E-state index is 11.0. The third-order valence-corrected chi connectivity index (χ3v) is 3.67. The molecule has 5 nitrogen and oxygen atoms in total. The van der Waals surface area contributed by atoms with Crippen LogP contribution in [-0.2, 0) is 6.61 Å². The summed E-state index contributed by atoms with van der Waals surface area (Å²) in [5.74, 6) is 0.717. The highest BCUT2D eigenvalue weighted by atomic mass is 127. The van der Waals surface area contributed by atoms with Gasteiger partial charge >= 0.3 is 0 Å². The summed E-state index contributed by atoms with van der Waals surface area (Å²) >= 11 is 2.21. The number of benzene rings is 1. The van der Waals surface area contributed by atoms with Crippen molar-refractivity contribution in [2.75, 3.05) is 0 Å². The number of aryl methyl sites for hydroxylation is 1. The Bertz CT molecular complexity index is 642. The number of pyridine rings is 1. The zero-order valence-electron chi connectivity index (χ0n) is 11.1. The van der Waals surface area contributed by atoms with Gasteiger partial charge in [0.1, 0.15) is 12.4 Å². The predicted octanol–water partition coefficient (Wildman–Crippen LogP) is 3.79. The van der Waals surface area contributed by atoms with Crippen molar-refractivity contribution < 1.29 is 9.66 Å². The highest BCUT2D eigenvalue weighted by Crippen LogP contribution is 2.25. The van der Waals surface area contributed by atoms with E-state index in [-0.39, 0.29) is 17.2 Å². The van der Waals surface area contributed by atoms with E-state index in [2.05, 4.69) is 27.6 Å². The number of hydrogen-bond donors (Lipinski definition) is 0. The molecular weight excluding hydrogens is 371 g/mol. The molecule has 0 atom stereocenters. The van der Waals surface area contributed by atoms with Gasteiger partial charge in [0.15, 0.2) is 0 Å². The molecule has 0 saturated carbocycles. The lowest BCUT2D eigenvalue weighted by atomic mass is 10.1. The summed E-state index contributed by atoms with van der Waals surface area (Å²) in [4.78, 5) is 14.9. The molecule has 0 aliphatic heterocycles. The summed E-state index contributed by atoms with van der Waals surface area (Å²) in [6.07, 6.45) is 1.51. The van der Waals surface area contributed by atoms with E-state index in [0.29, 0.717) is 16.8 Å². The Morgan fingerprint density at radius 3 is 2.55 bits per heavy atom. The zero-order chi connectivity index (χ0) is 14.7. The molecule has 0 bridgehead atoms. The molecule has 0 saturated heterocycles. The third-order valence-electron chi connectivity index (χ3n) is 2.95. The smallest absolute Gasteiger partial charge is 0.278 e. The Morgan fingerprint density at radius 1 is 1.30 bits per heavy atom. The van der Waals surface area contributed by atoms with Gasteiger partial charge in [0.25, 0.3) is 5.69 Å². The molecule has 0 spiro atoms. The van der Waals surface area contributed by atoms with Gasteiger partial charge in [0, 0.05) is 15.3 Å². The molecule has 20 heavy (non-hydrogen) atoms. The normalized spacial score (nSPS) is 10.3. The first-order chi connectivity index (χ1) is 9.49. The van der Waals surface area contributed by atoms with Gasteiger partial charge in [-0.1, -0.05) is 0 Å². The monoisotopic (exact) mass is 384 g/mol. The Labute approximate surface area is 130 Å². The number of nitrogens with zero attached hydrogens (tertiary/aromatic N) is 2. The van der Waals surface area contributed by atoms with Crippen LogP contribution < -0.4 is 4.74 Å². The molecule has 104 valence electrons. The third kappa shape index (κ3) is 3.24. The lowest BCUT2D eigenvalue weighted by Crippen LogP contribution is -2.05. The quantitative estimate of drug-likeness (QED) is 0.457. The fraction of sp³-hybridized carbons (Fsp3) is 0.214. The zero-order valence-corrected chi connectivity index (χ0v) is 13.2. The molecule has 6 heteroatoms. The van der Waals surface area contributed by atoms with Gasteiger partial charge in [-0.15, -0.1) is 0 Å². The van der Waals surface area contributed by atoms with Crippen molar-refractivity contribution in [3.8, 4) is 5.75 Å². The Hall–Kier alpha value is -1.70. The molecule has 1 aromatic heterocycles. The van der Waals surface area contributed by atoms with Crippen molar-refractivity contribution in [1.82, 2.24) is 4.98 Å². The van der Waals surface area contributed by atoms with Crippen LogP contribution in [0.15, 0.2) is 30.5 Å². The van der Waals surface area contributed by atoms with E-state index in [1.54, 1.807) is 13.8 Å². The van der Waals surface area contributed by atoms with Crippen LogP contribution >= 0.6 is 22.6 Å². The minimum atomic E-state index is -0.374. The number of rotatable bonds is 4. The standard InChI is InChI=1S/C14H13IN2O3/c1-9-7-16-13(10(2)14(9)17(18)19)8-20-12-5-3-11(15)4-6-12/h3-7H,8H2,1-2H3. The highest BCUT2D eigenvalue weighted by molar-refractivity contribution is 14.1. The van der Waals surface area contributed by atoms with Crippen LogP contribution in [0.25, 0.3) is 0 Å². The predicted molar refractivity (Wildman–Crippen MR) is 83.9 cm³/mol. The van der Waals surface area contributed by atoms with Crippen molar-refractivity contribution >= 4 is 28.3 Å². The molecule has 2 rings (SSSR count). The van der Waals surface area contributed by atoms with Gasteiger partial charge in [-0.25, -0.2) is 0 Å². The van der Waals surface area contributed by atoms with Gasteiger partial charge in [0.2, 0.25) is 0 Å². The average Bonchev–Trinajstić information content (AvgIpc) is 2.39. The minimum Gasteiger partial charge on any atom is -0.487 e. The Balaban J connectivity index is 2.20. The van der Waals surface area contributed by atoms with Crippen LogP contribution in [0.5, 0.6) is 5.75 Å². The van der Waals surface area contributed by atoms with E-state index in [4.69, 9.17) is 4.74 Å². The fourth-order valence-electron chi connectivity index (χ4n) is 1.87. The number of halogens is 1. The lowest BCUT2D eigenvalue weighted by Gasteiger charge is -2.09. The molecule has 2 aromatic rings. The van der Waals surface area contributed by atoms with Gasteiger partial charge in [-0.2, -0.15) is 0 Å². The van der Waals surface area contributed by atoms with Crippen LogP contribution in [0.2, 0.25) is 0 Å². The maximum absolute atomic E-state index is 11.0. The fourth-order valence-corrected chi connectivity index (χ4v) is 2.23. The summed E-state index contributed by atoms with van der Waals surface area (Å²) in [6, 6.07) is 7.60. The molecule has 1 heterocycles. The summed E-state index contributed by atoms with van der Waals surface area (Å²) in [5, 5.41) is 11.0. The molecule has 0 fully saturated rings. The summed E-state index contributed by atoms with van der Waals surface area (Å²) in [6.45, 7) is 3.60. The molecule has 0 N–H and O–H groups in total. The van der Waals surface area contributed by atoms with E-state index in [0.717, 1.165) is 9.32 Å². The summed E-state index contributed by atoms with van der Waals surface area (Å²) in [5.41, 5.74) is 1.81.